The normalized spacial score (nSPS) is 25.3. The summed E-state index contributed by atoms with van der Waals surface area (Å²) >= 11 is 0. The molecule has 2 aromatic carbocycles. The van der Waals surface area contributed by atoms with Gasteiger partial charge in [0.25, 0.3) is 0 Å². The fourth-order valence-electron chi connectivity index (χ4n) is 4.14. The number of aryl methyl sites for hydroxylation is 1. The van der Waals surface area contributed by atoms with Crippen LogP contribution in [-0.4, -0.2) is 58.2 Å². The van der Waals surface area contributed by atoms with Gasteiger partial charge in [0.05, 0.1) is 19.3 Å². The minimum Gasteiger partial charge on any atom is -0.423 e. The smallest absolute Gasteiger partial charge is 0.341 e. The number of fused-ring (bicyclic) bond motifs is 1. The van der Waals surface area contributed by atoms with Gasteiger partial charge in [0.15, 0.2) is 0 Å². The summed E-state index contributed by atoms with van der Waals surface area (Å²) in [6, 6.07) is 20.4. The minimum absolute atomic E-state index is 0.0134. The molecule has 1 aromatic heterocycles. The summed E-state index contributed by atoms with van der Waals surface area (Å²) in [6.07, 6.45) is 2.02. The second-order valence-electron chi connectivity index (χ2n) is 7.63. The summed E-state index contributed by atoms with van der Waals surface area (Å²) < 4.78 is 19.7. The second kappa shape index (κ2) is 8.91. The summed E-state index contributed by atoms with van der Waals surface area (Å²) in [7, 11) is 0. The summed E-state index contributed by atoms with van der Waals surface area (Å²) in [5.74, 6) is 0.689. The number of aromatic nitrogens is 4. The van der Waals surface area contributed by atoms with E-state index in [1.54, 1.807) is 4.68 Å². The fraction of sp³-hybridized carbons (Fsp3) is 0.409. The first kappa shape index (κ1) is 19.2. The third-order valence-corrected chi connectivity index (χ3v) is 5.65. The Balaban J connectivity index is 1.17. The van der Waals surface area contributed by atoms with Crippen LogP contribution in [0.3, 0.4) is 0 Å². The van der Waals surface area contributed by atoms with Crippen molar-refractivity contribution in [3.63, 3.8) is 0 Å². The van der Waals surface area contributed by atoms with E-state index < -0.39 is 0 Å². The highest BCUT2D eigenvalue weighted by Crippen LogP contribution is 2.35. The Labute approximate surface area is 175 Å². The number of tetrazole rings is 1. The number of nitrogens with one attached hydrogen (secondary N) is 1. The fourth-order valence-corrected chi connectivity index (χ4v) is 4.14. The van der Waals surface area contributed by atoms with Gasteiger partial charge in [-0.25, -0.2) is 0 Å². The highest BCUT2D eigenvalue weighted by atomic mass is 16.6. The second-order valence-corrected chi connectivity index (χ2v) is 7.63. The van der Waals surface area contributed by atoms with Crippen molar-refractivity contribution in [3.8, 4) is 11.8 Å². The molecule has 3 aromatic rings. The SMILES string of the molecule is c1ccc(CCCN[C@@H]2CO[C@@H]3[C@@H]2OC[C@@H]3n2nnnc2Oc2ccccc2)cc1. The van der Waals surface area contributed by atoms with E-state index >= 15 is 0 Å². The molecule has 4 atom stereocenters. The zero-order valence-electron chi connectivity index (χ0n) is 16.6. The predicted molar refractivity (Wildman–Crippen MR) is 109 cm³/mol. The van der Waals surface area contributed by atoms with Crippen molar-refractivity contribution in [3.05, 3.63) is 66.2 Å². The van der Waals surface area contributed by atoms with Gasteiger partial charge < -0.3 is 19.5 Å². The van der Waals surface area contributed by atoms with Gasteiger partial charge in [-0.15, -0.1) is 0 Å². The summed E-state index contributed by atoms with van der Waals surface area (Å²) in [6.45, 7) is 2.04. The van der Waals surface area contributed by atoms with Crippen LogP contribution in [0.4, 0.5) is 0 Å². The van der Waals surface area contributed by atoms with Gasteiger partial charge in [-0.3, -0.25) is 0 Å². The van der Waals surface area contributed by atoms with Gasteiger partial charge >= 0.3 is 6.01 Å². The molecule has 156 valence electrons. The topological polar surface area (TPSA) is 83.3 Å². The van der Waals surface area contributed by atoms with Crippen molar-refractivity contribution >= 4 is 0 Å². The molecule has 2 aliphatic rings. The molecule has 1 N–H and O–H groups in total. The van der Waals surface area contributed by atoms with E-state index in [4.69, 9.17) is 14.2 Å². The quantitative estimate of drug-likeness (QED) is 0.574. The van der Waals surface area contributed by atoms with Crippen LogP contribution < -0.4 is 10.1 Å². The van der Waals surface area contributed by atoms with E-state index in [2.05, 4.69) is 45.1 Å². The maximum absolute atomic E-state index is 6.09. The number of ether oxygens (including phenoxy) is 3. The van der Waals surface area contributed by atoms with Crippen molar-refractivity contribution in [2.45, 2.75) is 37.1 Å². The van der Waals surface area contributed by atoms with Crippen molar-refractivity contribution < 1.29 is 14.2 Å². The van der Waals surface area contributed by atoms with Crippen LogP contribution in [0, 0.1) is 0 Å². The number of rotatable bonds is 8. The van der Waals surface area contributed by atoms with E-state index in [9.17, 15) is 0 Å². The van der Waals surface area contributed by atoms with Crippen LogP contribution in [0.1, 0.15) is 18.0 Å². The van der Waals surface area contributed by atoms with E-state index in [0.717, 1.165) is 19.4 Å². The van der Waals surface area contributed by atoms with Crippen LogP contribution >= 0.6 is 0 Å². The van der Waals surface area contributed by atoms with E-state index in [0.29, 0.717) is 25.0 Å². The Morgan fingerprint density at radius 3 is 2.57 bits per heavy atom. The lowest BCUT2D eigenvalue weighted by Crippen LogP contribution is -2.41. The molecular formula is C22H25N5O3. The highest BCUT2D eigenvalue weighted by molar-refractivity contribution is 5.24. The third kappa shape index (κ3) is 4.07. The summed E-state index contributed by atoms with van der Waals surface area (Å²) in [5, 5.41) is 15.6. The minimum atomic E-state index is -0.111. The molecule has 0 saturated carbocycles. The molecule has 8 heteroatoms. The molecule has 0 amide bonds. The molecule has 0 aliphatic carbocycles. The molecule has 30 heavy (non-hydrogen) atoms. The zero-order chi connectivity index (χ0) is 20.2. The standard InChI is InChI=1S/C22H25N5O3/c1-3-8-16(9-4-1)10-7-13-23-18-14-28-21-19(15-29-20(18)21)27-22(24-25-26-27)30-17-11-5-2-6-12-17/h1-6,8-9,11-12,18-21,23H,7,10,13-15H2/t18-,19+,20-,21+/m1/s1. The molecule has 0 spiro atoms. The van der Waals surface area contributed by atoms with Gasteiger partial charge in [-0.05, 0) is 47.5 Å². The molecular weight excluding hydrogens is 382 g/mol. The monoisotopic (exact) mass is 407 g/mol. The van der Waals surface area contributed by atoms with E-state index in [1.807, 2.05) is 36.4 Å². The van der Waals surface area contributed by atoms with Gasteiger partial charge in [0.2, 0.25) is 0 Å². The maximum atomic E-state index is 6.09. The van der Waals surface area contributed by atoms with Crippen molar-refractivity contribution in [1.29, 1.82) is 0 Å². The number of para-hydroxylation sites is 1. The van der Waals surface area contributed by atoms with Crippen LogP contribution in [0.25, 0.3) is 0 Å². The first-order valence-corrected chi connectivity index (χ1v) is 10.4. The molecule has 0 unspecified atom stereocenters. The number of hydrogen-bond donors (Lipinski definition) is 1. The lowest BCUT2D eigenvalue weighted by Gasteiger charge is -2.18. The molecule has 3 heterocycles. The lowest BCUT2D eigenvalue weighted by molar-refractivity contribution is 0.0611. The Hall–Kier alpha value is -2.81. The first-order valence-electron chi connectivity index (χ1n) is 10.4. The van der Waals surface area contributed by atoms with Crippen molar-refractivity contribution in [1.82, 2.24) is 25.5 Å². The summed E-state index contributed by atoms with van der Waals surface area (Å²) in [5.41, 5.74) is 1.36. The predicted octanol–water partition coefficient (Wildman–Crippen LogP) is 2.40. The van der Waals surface area contributed by atoms with Crippen molar-refractivity contribution in [2.24, 2.45) is 0 Å². The number of hydrogen-bond acceptors (Lipinski definition) is 7. The Morgan fingerprint density at radius 1 is 0.967 bits per heavy atom. The van der Waals surface area contributed by atoms with Crippen molar-refractivity contribution in [2.75, 3.05) is 19.8 Å². The van der Waals surface area contributed by atoms with Crippen LogP contribution in [0.5, 0.6) is 11.8 Å². The van der Waals surface area contributed by atoms with Crippen LogP contribution in [-0.2, 0) is 15.9 Å². The first-order chi connectivity index (χ1) is 14.9. The molecule has 0 bridgehead atoms. The average molecular weight is 407 g/mol. The molecule has 2 fully saturated rings. The maximum Gasteiger partial charge on any atom is 0.341 e. The van der Waals surface area contributed by atoms with Gasteiger partial charge in [-0.1, -0.05) is 53.6 Å². The van der Waals surface area contributed by atoms with Gasteiger partial charge in [0, 0.05) is 0 Å². The molecule has 0 radical (unpaired) electrons. The number of benzene rings is 2. The molecule has 2 saturated heterocycles. The molecule has 2 aliphatic heterocycles. The van der Waals surface area contributed by atoms with E-state index in [-0.39, 0.29) is 24.3 Å². The molecule has 8 nitrogen and oxygen atoms in total. The largest absolute Gasteiger partial charge is 0.423 e. The lowest BCUT2D eigenvalue weighted by atomic mass is 10.1. The Kier molecular flexibility index (Phi) is 5.69. The third-order valence-electron chi connectivity index (χ3n) is 5.65. The van der Waals surface area contributed by atoms with Gasteiger partial charge in [0.1, 0.15) is 24.0 Å². The Morgan fingerprint density at radius 2 is 1.73 bits per heavy atom. The van der Waals surface area contributed by atoms with Gasteiger partial charge in [-0.2, -0.15) is 4.68 Å². The number of nitrogens with zero attached hydrogens (tertiary/aromatic N) is 4. The zero-order valence-corrected chi connectivity index (χ0v) is 16.6. The van der Waals surface area contributed by atoms with E-state index in [1.165, 1.54) is 5.56 Å². The Bertz CT molecular complexity index is 936. The van der Waals surface area contributed by atoms with Crippen LogP contribution in [0.2, 0.25) is 0 Å². The average Bonchev–Trinajstić information content (AvgIpc) is 3.50. The van der Waals surface area contributed by atoms with Crippen LogP contribution in [0.15, 0.2) is 60.7 Å². The molecule has 5 rings (SSSR count). The summed E-state index contributed by atoms with van der Waals surface area (Å²) in [4.78, 5) is 0. The highest BCUT2D eigenvalue weighted by Gasteiger charge is 2.49.